The molecule has 182 valence electrons. The summed E-state index contributed by atoms with van der Waals surface area (Å²) in [6, 6.07) is 13.4. The molecule has 1 saturated heterocycles. The Morgan fingerprint density at radius 1 is 1.06 bits per heavy atom. The normalized spacial score (nSPS) is 19.1. The number of hydrogen-bond donors (Lipinski definition) is 0. The summed E-state index contributed by atoms with van der Waals surface area (Å²) in [5.74, 6) is -0.0163. The fourth-order valence-electron chi connectivity index (χ4n) is 4.28. The van der Waals surface area contributed by atoms with Crippen LogP contribution in [0.5, 0.6) is 11.5 Å². The SMILES string of the molecule is CCOc1ccc(S(=O)(=O)N2CCC(C(=O)N3C[C@H](C(=O)OC)Oc4ccccc43)CC2)cc1. The lowest BCUT2D eigenvalue weighted by Crippen LogP contribution is -2.51. The Kier molecular flexibility index (Phi) is 7.08. The number of methoxy groups -OCH3 is 1. The lowest BCUT2D eigenvalue weighted by atomic mass is 9.95. The Morgan fingerprint density at radius 3 is 2.38 bits per heavy atom. The van der Waals surface area contributed by atoms with E-state index in [2.05, 4.69) is 0 Å². The quantitative estimate of drug-likeness (QED) is 0.576. The number of anilines is 1. The molecule has 2 heterocycles. The number of amides is 1. The summed E-state index contributed by atoms with van der Waals surface area (Å²) < 4.78 is 43.5. The van der Waals surface area contributed by atoms with Gasteiger partial charge in [0.05, 0.1) is 30.8 Å². The number of ether oxygens (including phenoxy) is 3. The van der Waals surface area contributed by atoms with Gasteiger partial charge < -0.3 is 19.1 Å². The molecule has 34 heavy (non-hydrogen) atoms. The number of para-hydroxylation sites is 2. The van der Waals surface area contributed by atoms with Crippen LogP contribution in [-0.2, 0) is 24.3 Å². The number of rotatable bonds is 6. The minimum Gasteiger partial charge on any atom is -0.494 e. The van der Waals surface area contributed by atoms with Crippen LogP contribution in [0, 0.1) is 5.92 Å². The van der Waals surface area contributed by atoms with Crippen molar-refractivity contribution in [3.63, 3.8) is 0 Å². The fraction of sp³-hybridized carbons (Fsp3) is 0.417. The first kappa shape index (κ1) is 24.0. The molecule has 0 N–H and O–H groups in total. The van der Waals surface area contributed by atoms with Crippen molar-refractivity contribution >= 4 is 27.6 Å². The minimum absolute atomic E-state index is 0.0488. The molecule has 2 aromatic rings. The molecule has 1 fully saturated rings. The molecular formula is C24H28N2O7S. The molecule has 2 aromatic carbocycles. The van der Waals surface area contributed by atoms with Gasteiger partial charge in [0.15, 0.2) is 0 Å². The molecule has 1 amide bonds. The number of carbonyl (C=O) groups excluding carboxylic acids is 2. The lowest BCUT2D eigenvalue weighted by molar-refractivity contribution is -0.148. The number of piperidine rings is 1. The number of hydrogen-bond acceptors (Lipinski definition) is 7. The van der Waals surface area contributed by atoms with Crippen molar-refractivity contribution < 1.29 is 32.2 Å². The van der Waals surface area contributed by atoms with Crippen LogP contribution in [0.4, 0.5) is 5.69 Å². The number of fused-ring (bicyclic) bond motifs is 1. The summed E-state index contributed by atoms with van der Waals surface area (Å²) in [6.45, 7) is 2.88. The highest BCUT2D eigenvalue weighted by Crippen LogP contribution is 2.36. The number of nitrogens with zero attached hydrogens (tertiary/aromatic N) is 2. The topological polar surface area (TPSA) is 102 Å². The van der Waals surface area contributed by atoms with E-state index in [4.69, 9.17) is 14.2 Å². The first-order valence-corrected chi connectivity index (χ1v) is 12.7. The van der Waals surface area contributed by atoms with Gasteiger partial charge in [0, 0.05) is 19.0 Å². The second-order valence-corrected chi connectivity index (χ2v) is 10.1. The maximum absolute atomic E-state index is 13.4. The Hall–Kier alpha value is -3.11. The Labute approximate surface area is 199 Å². The van der Waals surface area contributed by atoms with Crippen molar-refractivity contribution in [1.29, 1.82) is 0 Å². The van der Waals surface area contributed by atoms with Crippen molar-refractivity contribution in [2.45, 2.75) is 30.8 Å². The maximum Gasteiger partial charge on any atom is 0.348 e. The third kappa shape index (κ3) is 4.74. The van der Waals surface area contributed by atoms with Gasteiger partial charge >= 0.3 is 5.97 Å². The lowest BCUT2D eigenvalue weighted by Gasteiger charge is -2.37. The van der Waals surface area contributed by atoms with Gasteiger partial charge in [-0.3, -0.25) is 4.79 Å². The van der Waals surface area contributed by atoms with Crippen LogP contribution in [0.15, 0.2) is 53.4 Å². The molecule has 0 radical (unpaired) electrons. The van der Waals surface area contributed by atoms with Crippen molar-refractivity contribution in [1.82, 2.24) is 4.31 Å². The largest absolute Gasteiger partial charge is 0.494 e. The van der Waals surface area contributed by atoms with Gasteiger partial charge in [-0.15, -0.1) is 0 Å². The first-order valence-electron chi connectivity index (χ1n) is 11.2. The third-order valence-corrected chi connectivity index (χ3v) is 7.99. The van der Waals surface area contributed by atoms with E-state index in [1.165, 1.54) is 23.5 Å². The van der Waals surface area contributed by atoms with Crippen LogP contribution in [-0.4, -0.2) is 64.1 Å². The maximum atomic E-state index is 13.4. The zero-order valence-corrected chi connectivity index (χ0v) is 20.0. The molecule has 2 aliphatic heterocycles. The van der Waals surface area contributed by atoms with E-state index >= 15 is 0 Å². The smallest absolute Gasteiger partial charge is 0.348 e. The van der Waals surface area contributed by atoms with Gasteiger partial charge in [0.2, 0.25) is 22.0 Å². The van der Waals surface area contributed by atoms with Crippen molar-refractivity contribution in [2.75, 3.05) is 38.3 Å². The molecule has 0 bridgehead atoms. The molecule has 9 nitrogen and oxygen atoms in total. The summed E-state index contributed by atoms with van der Waals surface area (Å²) in [5, 5.41) is 0. The Balaban J connectivity index is 1.45. The molecule has 10 heteroatoms. The van der Waals surface area contributed by atoms with E-state index in [1.54, 1.807) is 41.3 Å². The standard InChI is InChI=1S/C24H28N2O7S/c1-3-32-18-8-10-19(11-9-18)34(29,30)25-14-12-17(13-15-25)23(27)26-16-22(24(28)31-2)33-21-7-5-4-6-20(21)26/h4-11,17,22H,3,12-16H2,1-2H3/t22-/m1/s1. The zero-order valence-electron chi connectivity index (χ0n) is 19.2. The summed E-state index contributed by atoms with van der Waals surface area (Å²) in [4.78, 5) is 27.3. The van der Waals surface area contributed by atoms with Gasteiger partial charge in [-0.05, 0) is 56.2 Å². The molecule has 2 aliphatic rings. The van der Waals surface area contributed by atoms with Crippen LogP contribution in [0.1, 0.15) is 19.8 Å². The van der Waals surface area contributed by atoms with Crippen molar-refractivity contribution in [3.05, 3.63) is 48.5 Å². The molecule has 0 saturated carbocycles. The van der Waals surface area contributed by atoms with Crippen LogP contribution in [0.3, 0.4) is 0 Å². The summed E-state index contributed by atoms with van der Waals surface area (Å²) in [5.41, 5.74) is 0.595. The highest BCUT2D eigenvalue weighted by atomic mass is 32.2. The van der Waals surface area contributed by atoms with Gasteiger partial charge in [-0.25, -0.2) is 13.2 Å². The van der Waals surface area contributed by atoms with Crippen LogP contribution < -0.4 is 14.4 Å². The number of sulfonamides is 1. The average molecular weight is 489 g/mol. The summed E-state index contributed by atoms with van der Waals surface area (Å²) in [6.07, 6.45) is -0.140. The Morgan fingerprint density at radius 2 is 1.74 bits per heavy atom. The van der Waals surface area contributed by atoms with E-state index in [-0.39, 0.29) is 36.4 Å². The summed E-state index contributed by atoms with van der Waals surface area (Å²) >= 11 is 0. The number of esters is 1. The molecule has 0 unspecified atom stereocenters. The molecule has 0 aromatic heterocycles. The van der Waals surface area contributed by atoms with Gasteiger partial charge in [0.25, 0.3) is 0 Å². The molecule has 0 spiro atoms. The van der Waals surface area contributed by atoms with Crippen LogP contribution in [0.2, 0.25) is 0 Å². The van der Waals surface area contributed by atoms with Crippen molar-refractivity contribution in [3.8, 4) is 11.5 Å². The van der Waals surface area contributed by atoms with E-state index in [0.29, 0.717) is 36.6 Å². The fourth-order valence-corrected chi connectivity index (χ4v) is 5.75. The molecular weight excluding hydrogens is 460 g/mol. The van der Waals surface area contributed by atoms with Gasteiger partial charge in [-0.2, -0.15) is 4.31 Å². The predicted octanol–water partition coefficient (Wildman–Crippen LogP) is 2.45. The Bertz CT molecular complexity index is 1140. The predicted molar refractivity (Wildman–Crippen MR) is 124 cm³/mol. The molecule has 4 rings (SSSR count). The monoisotopic (exact) mass is 488 g/mol. The third-order valence-electron chi connectivity index (χ3n) is 6.08. The van der Waals surface area contributed by atoms with Crippen LogP contribution >= 0.6 is 0 Å². The van der Waals surface area contributed by atoms with Gasteiger partial charge in [0.1, 0.15) is 11.5 Å². The van der Waals surface area contributed by atoms with E-state index < -0.39 is 22.1 Å². The van der Waals surface area contributed by atoms with Gasteiger partial charge in [-0.1, -0.05) is 12.1 Å². The molecule has 0 aliphatic carbocycles. The minimum atomic E-state index is -3.67. The number of benzene rings is 2. The highest BCUT2D eigenvalue weighted by Gasteiger charge is 2.39. The zero-order chi connectivity index (χ0) is 24.3. The van der Waals surface area contributed by atoms with E-state index in [1.807, 2.05) is 6.92 Å². The number of carbonyl (C=O) groups is 2. The van der Waals surface area contributed by atoms with E-state index in [9.17, 15) is 18.0 Å². The van der Waals surface area contributed by atoms with Crippen LogP contribution in [0.25, 0.3) is 0 Å². The second kappa shape index (κ2) is 10.0. The van der Waals surface area contributed by atoms with Crippen molar-refractivity contribution in [2.24, 2.45) is 5.92 Å². The molecule has 1 atom stereocenters. The average Bonchev–Trinajstić information content (AvgIpc) is 2.87. The van der Waals surface area contributed by atoms with E-state index in [0.717, 1.165) is 0 Å². The summed E-state index contributed by atoms with van der Waals surface area (Å²) in [7, 11) is -2.39. The first-order chi connectivity index (χ1) is 16.3. The second-order valence-electron chi connectivity index (χ2n) is 8.13. The highest BCUT2D eigenvalue weighted by molar-refractivity contribution is 7.89.